The van der Waals surface area contributed by atoms with Gasteiger partial charge in [-0.1, -0.05) is 5.16 Å². The number of rotatable bonds is 6. The third-order valence-electron chi connectivity index (χ3n) is 3.05. The summed E-state index contributed by atoms with van der Waals surface area (Å²) in [5, 5.41) is 27.9. The number of aromatic nitrogens is 1. The third-order valence-corrected chi connectivity index (χ3v) is 3.05. The van der Waals surface area contributed by atoms with Crippen molar-refractivity contribution in [3.63, 3.8) is 0 Å². The summed E-state index contributed by atoms with van der Waals surface area (Å²) in [6.07, 6.45) is 0. The second-order valence-corrected chi connectivity index (χ2v) is 4.91. The lowest BCUT2D eigenvalue weighted by Gasteiger charge is -2.18. The number of nitro benzene ring substituents is 2. The van der Waals surface area contributed by atoms with E-state index < -0.39 is 27.1 Å². The topological polar surface area (TPSA) is 145 Å². The van der Waals surface area contributed by atoms with Gasteiger partial charge in [0.15, 0.2) is 5.82 Å². The van der Waals surface area contributed by atoms with Gasteiger partial charge in [-0.3, -0.25) is 25.0 Å². The van der Waals surface area contributed by atoms with Crippen molar-refractivity contribution in [3.05, 3.63) is 50.3 Å². The van der Waals surface area contributed by atoms with Gasteiger partial charge < -0.3 is 14.7 Å². The van der Waals surface area contributed by atoms with Crippen LogP contribution >= 0.6 is 0 Å². The Labute approximate surface area is 135 Å². The van der Waals surface area contributed by atoms with Gasteiger partial charge in [0.1, 0.15) is 11.4 Å². The fourth-order valence-electron chi connectivity index (χ4n) is 2.00. The summed E-state index contributed by atoms with van der Waals surface area (Å²) in [5.41, 5.74) is -0.782. The molecule has 1 aromatic heterocycles. The Hall–Kier alpha value is -3.50. The minimum absolute atomic E-state index is 0.0806. The van der Waals surface area contributed by atoms with Crippen molar-refractivity contribution >= 4 is 28.8 Å². The van der Waals surface area contributed by atoms with E-state index in [1.165, 1.54) is 24.1 Å². The van der Waals surface area contributed by atoms with Crippen LogP contribution in [0.25, 0.3) is 0 Å². The maximum atomic E-state index is 11.9. The summed E-state index contributed by atoms with van der Waals surface area (Å²) in [4.78, 5) is 33.6. The number of amides is 1. The molecule has 0 bridgehead atoms. The van der Waals surface area contributed by atoms with E-state index in [9.17, 15) is 25.0 Å². The Morgan fingerprint density at radius 2 is 2.00 bits per heavy atom. The van der Waals surface area contributed by atoms with Crippen molar-refractivity contribution in [2.45, 2.75) is 6.92 Å². The summed E-state index contributed by atoms with van der Waals surface area (Å²) in [5.74, 6) is 0.271. The number of non-ortho nitro benzene ring substituents is 1. The zero-order valence-electron chi connectivity index (χ0n) is 12.8. The van der Waals surface area contributed by atoms with E-state index in [-0.39, 0.29) is 18.1 Å². The first kappa shape index (κ1) is 16.9. The van der Waals surface area contributed by atoms with E-state index in [1.807, 2.05) is 0 Å². The second kappa shape index (κ2) is 6.73. The Kier molecular flexibility index (Phi) is 4.73. The van der Waals surface area contributed by atoms with E-state index in [1.54, 1.807) is 6.92 Å². The van der Waals surface area contributed by atoms with E-state index in [0.29, 0.717) is 5.76 Å². The van der Waals surface area contributed by atoms with Crippen molar-refractivity contribution in [2.75, 3.05) is 23.8 Å². The number of nitro groups is 2. The van der Waals surface area contributed by atoms with Crippen LogP contribution in [0.5, 0.6) is 0 Å². The van der Waals surface area contributed by atoms with Crippen LogP contribution in [0.3, 0.4) is 0 Å². The number of hydrogen-bond acceptors (Lipinski definition) is 8. The second-order valence-electron chi connectivity index (χ2n) is 4.91. The highest BCUT2D eigenvalue weighted by atomic mass is 16.6. The van der Waals surface area contributed by atoms with Crippen LogP contribution < -0.4 is 10.2 Å². The molecule has 0 spiro atoms. The minimum Gasteiger partial charge on any atom is -0.360 e. The van der Waals surface area contributed by atoms with Gasteiger partial charge >= 0.3 is 0 Å². The number of benzene rings is 1. The van der Waals surface area contributed by atoms with Gasteiger partial charge in [-0.15, -0.1) is 0 Å². The van der Waals surface area contributed by atoms with Crippen LogP contribution in [0.2, 0.25) is 0 Å². The molecule has 11 heteroatoms. The van der Waals surface area contributed by atoms with Crippen LogP contribution in [-0.4, -0.2) is 34.5 Å². The normalized spacial score (nSPS) is 10.2. The van der Waals surface area contributed by atoms with Crippen molar-refractivity contribution < 1.29 is 19.2 Å². The maximum Gasteiger partial charge on any atom is 0.299 e. The summed E-state index contributed by atoms with van der Waals surface area (Å²) in [6, 6.07) is 4.73. The number of hydrogen-bond donors (Lipinski definition) is 1. The van der Waals surface area contributed by atoms with Gasteiger partial charge in [0.25, 0.3) is 11.4 Å². The molecule has 1 heterocycles. The molecule has 0 atom stereocenters. The molecule has 24 heavy (non-hydrogen) atoms. The van der Waals surface area contributed by atoms with Crippen molar-refractivity contribution in [1.29, 1.82) is 0 Å². The lowest BCUT2D eigenvalue weighted by molar-refractivity contribution is -0.393. The number of anilines is 2. The van der Waals surface area contributed by atoms with Gasteiger partial charge in [0.05, 0.1) is 22.5 Å². The molecule has 0 fully saturated rings. The van der Waals surface area contributed by atoms with E-state index in [0.717, 1.165) is 12.1 Å². The number of aryl methyl sites for hydroxylation is 1. The first-order valence-electron chi connectivity index (χ1n) is 6.65. The highest BCUT2D eigenvalue weighted by molar-refractivity contribution is 5.93. The number of likely N-dealkylation sites (N-methyl/N-ethyl adjacent to an activating group) is 1. The molecule has 0 aliphatic rings. The maximum absolute atomic E-state index is 11.9. The molecule has 1 amide bonds. The zero-order chi connectivity index (χ0) is 17.9. The fraction of sp³-hybridized carbons (Fsp3) is 0.231. The Morgan fingerprint density at radius 1 is 1.29 bits per heavy atom. The highest BCUT2D eigenvalue weighted by Gasteiger charge is 2.23. The van der Waals surface area contributed by atoms with Crippen molar-refractivity contribution in [3.8, 4) is 0 Å². The van der Waals surface area contributed by atoms with Gasteiger partial charge in [0.2, 0.25) is 5.91 Å². The number of nitrogens with zero attached hydrogens (tertiary/aromatic N) is 4. The predicted octanol–water partition coefficient (Wildman–Crippen LogP) is 1.87. The van der Waals surface area contributed by atoms with E-state index in [2.05, 4.69) is 10.5 Å². The number of carbonyl (C=O) groups excluding carboxylic acids is 1. The van der Waals surface area contributed by atoms with Crippen molar-refractivity contribution in [1.82, 2.24) is 5.16 Å². The molecule has 1 aromatic carbocycles. The first-order chi connectivity index (χ1) is 11.3. The number of carbonyl (C=O) groups is 1. The fourth-order valence-corrected chi connectivity index (χ4v) is 2.00. The molecule has 2 aromatic rings. The van der Waals surface area contributed by atoms with E-state index >= 15 is 0 Å². The molecule has 2 rings (SSSR count). The molecule has 126 valence electrons. The van der Waals surface area contributed by atoms with Gasteiger partial charge in [0, 0.05) is 19.2 Å². The molecule has 11 nitrogen and oxygen atoms in total. The number of nitrogens with one attached hydrogen (secondary N) is 1. The molecule has 1 N–H and O–H groups in total. The SMILES string of the molecule is Cc1cc(NC(=O)CN(C)c2ccc([N+](=O)[O-])cc2[N+](=O)[O-])no1. The molecule has 0 aliphatic heterocycles. The first-order valence-corrected chi connectivity index (χ1v) is 6.65. The lowest BCUT2D eigenvalue weighted by Crippen LogP contribution is -2.30. The molecule has 0 radical (unpaired) electrons. The van der Waals surface area contributed by atoms with Crippen LogP contribution in [0.15, 0.2) is 28.8 Å². The zero-order valence-corrected chi connectivity index (χ0v) is 12.8. The Morgan fingerprint density at radius 3 is 2.54 bits per heavy atom. The summed E-state index contributed by atoms with van der Waals surface area (Å²) < 4.78 is 4.81. The highest BCUT2D eigenvalue weighted by Crippen LogP contribution is 2.31. The van der Waals surface area contributed by atoms with Crippen LogP contribution in [0.4, 0.5) is 22.9 Å². The molecule has 0 aliphatic carbocycles. The predicted molar refractivity (Wildman–Crippen MR) is 82.9 cm³/mol. The largest absolute Gasteiger partial charge is 0.360 e. The standard InChI is InChI=1S/C13H13N5O6/c1-8-5-12(15-24-8)14-13(19)7-16(2)10-4-3-9(17(20)21)6-11(10)18(22)23/h3-6H,7H2,1-2H3,(H,14,15,19). The molecular formula is C13H13N5O6. The average molecular weight is 335 g/mol. The third kappa shape index (κ3) is 3.82. The van der Waals surface area contributed by atoms with Gasteiger partial charge in [-0.05, 0) is 13.0 Å². The van der Waals surface area contributed by atoms with Crippen LogP contribution in [0.1, 0.15) is 5.76 Å². The average Bonchev–Trinajstić information content (AvgIpc) is 2.91. The Balaban J connectivity index is 2.16. The minimum atomic E-state index is -0.738. The van der Waals surface area contributed by atoms with Crippen molar-refractivity contribution in [2.24, 2.45) is 0 Å². The lowest BCUT2D eigenvalue weighted by atomic mass is 10.2. The Bertz CT molecular complexity index is 802. The molecular weight excluding hydrogens is 322 g/mol. The van der Waals surface area contributed by atoms with Gasteiger partial charge in [-0.2, -0.15) is 0 Å². The summed E-state index contributed by atoms with van der Waals surface area (Å²) >= 11 is 0. The van der Waals surface area contributed by atoms with Gasteiger partial charge in [-0.25, -0.2) is 0 Å². The molecule has 0 saturated carbocycles. The smallest absolute Gasteiger partial charge is 0.299 e. The van der Waals surface area contributed by atoms with E-state index in [4.69, 9.17) is 4.52 Å². The molecule has 0 unspecified atom stereocenters. The van der Waals surface area contributed by atoms with Crippen LogP contribution in [-0.2, 0) is 4.79 Å². The summed E-state index contributed by atoms with van der Waals surface area (Å²) in [7, 11) is 1.46. The summed E-state index contributed by atoms with van der Waals surface area (Å²) in [6.45, 7) is 1.44. The van der Waals surface area contributed by atoms with Crippen LogP contribution in [0, 0.1) is 27.2 Å². The monoisotopic (exact) mass is 335 g/mol. The molecule has 0 saturated heterocycles. The quantitative estimate of drug-likeness (QED) is 0.622.